The average molecular weight is 343 g/mol. The number of nitrogens with one attached hydrogen (secondary N) is 1. The maximum Gasteiger partial charge on any atom is 0.411 e. The summed E-state index contributed by atoms with van der Waals surface area (Å²) in [6, 6.07) is 12.7. The highest BCUT2D eigenvalue weighted by Gasteiger charge is 2.23. The zero-order chi connectivity index (χ0) is 17.1. The fourth-order valence-corrected chi connectivity index (χ4v) is 2.75. The van der Waals surface area contributed by atoms with Gasteiger partial charge in [-0.3, -0.25) is 15.0 Å². The molecule has 1 heterocycles. The van der Waals surface area contributed by atoms with Gasteiger partial charge in [0.25, 0.3) is 0 Å². The third-order valence-electron chi connectivity index (χ3n) is 3.59. The molecule has 0 saturated heterocycles. The van der Waals surface area contributed by atoms with Gasteiger partial charge in [0, 0.05) is 5.69 Å². The first-order chi connectivity index (χ1) is 11.6. The van der Waals surface area contributed by atoms with Gasteiger partial charge in [-0.1, -0.05) is 36.4 Å². The highest BCUT2D eigenvalue weighted by Crippen LogP contribution is 2.38. The largest absolute Gasteiger partial charge is 0.450 e. The summed E-state index contributed by atoms with van der Waals surface area (Å²) in [5.74, 6) is 0. The number of carbonyl (C=O) groups is 2. The molecule has 2 amide bonds. The SMILES string of the molecule is CCOC(=O)Nc1ccc2c(c1)N(C(=O)Cl)c1ccccc1C=C2. The lowest BCUT2D eigenvalue weighted by Gasteiger charge is -2.22. The van der Waals surface area contributed by atoms with Crippen LogP contribution >= 0.6 is 11.6 Å². The lowest BCUT2D eigenvalue weighted by atomic mass is 10.1. The fourth-order valence-electron chi connectivity index (χ4n) is 2.57. The van der Waals surface area contributed by atoms with E-state index in [9.17, 15) is 9.59 Å². The van der Waals surface area contributed by atoms with E-state index in [4.69, 9.17) is 16.3 Å². The van der Waals surface area contributed by atoms with Gasteiger partial charge in [-0.05, 0) is 47.9 Å². The Morgan fingerprint density at radius 1 is 1.08 bits per heavy atom. The molecule has 0 saturated carbocycles. The van der Waals surface area contributed by atoms with Crippen LogP contribution in [0.4, 0.5) is 26.7 Å². The number of fused-ring (bicyclic) bond motifs is 2. The molecule has 0 unspecified atom stereocenters. The topological polar surface area (TPSA) is 58.6 Å². The number of benzene rings is 2. The Morgan fingerprint density at radius 2 is 1.79 bits per heavy atom. The number of hydrogen-bond donors (Lipinski definition) is 1. The molecule has 0 atom stereocenters. The van der Waals surface area contributed by atoms with E-state index >= 15 is 0 Å². The van der Waals surface area contributed by atoms with Crippen molar-refractivity contribution in [1.29, 1.82) is 0 Å². The number of anilines is 3. The summed E-state index contributed by atoms with van der Waals surface area (Å²) in [4.78, 5) is 25.1. The normalized spacial score (nSPS) is 12.0. The van der Waals surface area contributed by atoms with Gasteiger partial charge in [0.05, 0.1) is 18.0 Å². The first kappa shape index (κ1) is 16.1. The molecule has 2 aromatic rings. The minimum Gasteiger partial charge on any atom is -0.450 e. The van der Waals surface area contributed by atoms with Crippen LogP contribution < -0.4 is 10.2 Å². The lowest BCUT2D eigenvalue weighted by Crippen LogP contribution is -2.21. The first-order valence-electron chi connectivity index (χ1n) is 7.44. The van der Waals surface area contributed by atoms with E-state index in [1.165, 1.54) is 4.90 Å². The number of halogens is 1. The Kier molecular flexibility index (Phi) is 4.53. The van der Waals surface area contributed by atoms with Crippen LogP contribution in [-0.4, -0.2) is 18.1 Å². The number of rotatable bonds is 2. The number of carbonyl (C=O) groups excluding carboxylic acids is 2. The van der Waals surface area contributed by atoms with Gasteiger partial charge < -0.3 is 4.74 Å². The molecule has 0 radical (unpaired) electrons. The van der Waals surface area contributed by atoms with Crippen molar-refractivity contribution in [3.8, 4) is 0 Å². The summed E-state index contributed by atoms with van der Waals surface area (Å²) < 4.78 is 4.87. The van der Waals surface area contributed by atoms with Crippen LogP contribution in [0, 0.1) is 0 Å². The molecule has 0 aliphatic carbocycles. The number of ether oxygens (including phenoxy) is 1. The quantitative estimate of drug-likeness (QED) is 0.600. The van der Waals surface area contributed by atoms with Crippen molar-refractivity contribution in [2.24, 2.45) is 0 Å². The van der Waals surface area contributed by atoms with Gasteiger partial charge in [0.15, 0.2) is 0 Å². The second-order valence-electron chi connectivity index (χ2n) is 5.10. The van der Waals surface area contributed by atoms with Gasteiger partial charge >= 0.3 is 11.5 Å². The fraction of sp³-hybridized carbons (Fsp3) is 0.111. The zero-order valence-electron chi connectivity index (χ0n) is 13.0. The minimum atomic E-state index is -0.624. The van der Waals surface area contributed by atoms with E-state index in [0.717, 1.165) is 11.1 Å². The van der Waals surface area contributed by atoms with Crippen LogP contribution in [0.1, 0.15) is 18.1 Å². The van der Waals surface area contributed by atoms with Gasteiger partial charge in [-0.25, -0.2) is 4.79 Å². The summed E-state index contributed by atoms with van der Waals surface area (Å²) in [5.41, 5.74) is 3.48. The molecule has 0 fully saturated rings. The molecule has 0 bridgehead atoms. The van der Waals surface area contributed by atoms with Crippen LogP contribution in [0.25, 0.3) is 12.2 Å². The first-order valence-corrected chi connectivity index (χ1v) is 7.82. The molecule has 6 heteroatoms. The third-order valence-corrected chi connectivity index (χ3v) is 3.76. The van der Waals surface area contributed by atoms with Crippen molar-refractivity contribution < 1.29 is 14.3 Å². The number of hydrogen-bond acceptors (Lipinski definition) is 3. The summed E-state index contributed by atoms with van der Waals surface area (Å²) in [6.45, 7) is 2.01. The number of para-hydroxylation sites is 1. The molecule has 24 heavy (non-hydrogen) atoms. The van der Waals surface area contributed by atoms with Crippen LogP contribution in [0.3, 0.4) is 0 Å². The third kappa shape index (κ3) is 3.12. The lowest BCUT2D eigenvalue weighted by molar-refractivity contribution is 0.168. The highest BCUT2D eigenvalue weighted by atomic mass is 35.5. The predicted octanol–water partition coefficient (Wildman–Crippen LogP) is 5.24. The van der Waals surface area contributed by atoms with Crippen molar-refractivity contribution in [2.75, 3.05) is 16.8 Å². The van der Waals surface area contributed by atoms with E-state index in [1.54, 1.807) is 19.1 Å². The molecule has 5 nitrogen and oxygen atoms in total. The van der Waals surface area contributed by atoms with E-state index in [2.05, 4.69) is 5.32 Å². The molecule has 0 aromatic heterocycles. The number of nitrogens with zero attached hydrogens (tertiary/aromatic N) is 1. The number of amides is 2. The summed E-state index contributed by atoms with van der Waals surface area (Å²) in [6.07, 6.45) is 3.28. The van der Waals surface area contributed by atoms with Crippen molar-refractivity contribution in [3.63, 3.8) is 0 Å². The Labute approximate surface area is 144 Å². The van der Waals surface area contributed by atoms with Crippen molar-refractivity contribution >= 4 is 52.3 Å². The van der Waals surface area contributed by atoms with E-state index < -0.39 is 11.5 Å². The summed E-state index contributed by atoms with van der Waals surface area (Å²) in [7, 11) is 0. The second-order valence-corrected chi connectivity index (χ2v) is 5.42. The van der Waals surface area contributed by atoms with Gasteiger partial charge in [-0.2, -0.15) is 0 Å². The van der Waals surface area contributed by atoms with Gasteiger partial charge in [0.2, 0.25) is 0 Å². The van der Waals surface area contributed by atoms with E-state index in [0.29, 0.717) is 17.1 Å². The maximum atomic E-state index is 12.1. The van der Waals surface area contributed by atoms with E-state index in [1.807, 2.05) is 42.5 Å². The second kappa shape index (κ2) is 6.76. The van der Waals surface area contributed by atoms with Crippen LogP contribution in [0.5, 0.6) is 0 Å². The Balaban J connectivity index is 2.07. The monoisotopic (exact) mass is 342 g/mol. The van der Waals surface area contributed by atoms with Gasteiger partial charge in [-0.15, -0.1) is 0 Å². The molecule has 2 aromatic carbocycles. The Bertz CT molecular complexity index is 833. The smallest absolute Gasteiger partial charge is 0.411 e. The molecule has 1 aliphatic heterocycles. The van der Waals surface area contributed by atoms with Gasteiger partial charge in [0.1, 0.15) is 0 Å². The zero-order valence-corrected chi connectivity index (χ0v) is 13.7. The molecule has 1 aliphatic rings. The summed E-state index contributed by atoms with van der Waals surface area (Å²) >= 11 is 5.84. The van der Waals surface area contributed by atoms with Crippen LogP contribution in [0.2, 0.25) is 0 Å². The molecule has 1 N–H and O–H groups in total. The van der Waals surface area contributed by atoms with E-state index in [-0.39, 0.29) is 6.61 Å². The Hall–Kier alpha value is -2.79. The van der Waals surface area contributed by atoms with Crippen molar-refractivity contribution in [3.05, 3.63) is 53.6 Å². The molecule has 122 valence electrons. The minimum absolute atomic E-state index is 0.277. The molecular weight excluding hydrogens is 328 g/mol. The molecule has 3 rings (SSSR count). The molecular formula is C18H15ClN2O3. The maximum absolute atomic E-state index is 12.1. The molecule has 0 spiro atoms. The summed E-state index contributed by atoms with van der Waals surface area (Å²) in [5, 5.41) is 2.01. The van der Waals surface area contributed by atoms with Crippen LogP contribution in [0.15, 0.2) is 42.5 Å². The standard InChI is InChI=1S/C18H15ClN2O3/c1-2-24-18(23)20-14-10-9-13-8-7-12-5-3-4-6-15(12)21(17(19)22)16(13)11-14/h3-11H,2H2,1H3,(H,20,23). The van der Waals surface area contributed by atoms with Crippen molar-refractivity contribution in [1.82, 2.24) is 0 Å². The van der Waals surface area contributed by atoms with Crippen LogP contribution in [-0.2, 0) is 4.74 Å². The predicted molar refractivity (Wildman–Crippen MR) is 95.8 cm³/mol. The Morgan fingerprint density at radius 3 is 2.50 bits per heavy atom. The van der Waals surface area contributed by atoms with Crippen molar-refractivity contribution in [2.45, 2.75) is 6.92 Å². The highest BCUT2D eigenvalue weighted by molar-refractivity contribution is 6.67. The average Bonchev–Trinajstić information content (AvgIpc) is 2.71.